The van der Waals surface area contributed by atoms with Crippen LogP contribution in [0.15, 0.2) is 28.7 Å². The molecule has 22 heavy (non-hydrogen) atoms. The van der Waals surface area contributed by atoms with Crippen LogP contribution < -0.4 is 5.73 Å². The fraction of sp³-hybridized carbons (Fsp3) is 0.429. The summed E-state index contributed by atoms with van der Waals surface area (Å²) in [4.78, 5) is 0. The molecule has 1 heterocycles. The molecule has 0 radical (unpaired) electrons. The van der Waals surface area contributed by atoms with E-state index >= 15 is 0 Å². The Morgan fingerprint density at radius 2 is 1.86 bits per heavy atom. The molecular weight excluding hydrogens is 299 g/mol. The van der Waals surface area contributed by atoms with Gasteiger partial charge in [0.25, 0.3) is 0 Å². The van der Waals surface area contributed by atoms with Crippen molar-refractivity contribution in [1.82, 2.24) is 10.2 Å². The van der Waals surface area contributed by atoms with E-state index in [1.54, 1.807) is 0 Å². The Kier molecular flexibility index (Phi) is 4.82. The van der Waals surface area contributed by atoms with Gasteiger partial charge in [-0.3, -0.25) is 0 Å². The highest BCUT2D eigenvalue weighted by atomic mass is 19.4. The SMILES string of the molecule is CCCC(N)[C@H](O)c1nnc(-c2ccc(C(F)(F)F)cc2)o1. The number of aliphatic hydroxyl groups excluding tert-OH is 1. The van der Waals surface area contributed by atoms with Gasteiger partial charge in [0.05, 0.1) is 5.56 Å². The molecule has 0 fully saturated rings. The van der Waals surface area contributed by atoms with Crippen molar-refractivity contribution in [2.75, 3.05) is 0 Å². The highest BCUT2D eigenvalue weighted by Gasteiger charge is 2.30. The van der Waals surface area contributed by atoms with E-state index in [1.807, 2.05) is 6.92 Å². The van der Waals surface area contributed by atoms with Crippen LogP contribution in [0.2, 0.25) is 0 Å². The van der Waals surface area contributed by atoms with E-state index in [9.17, 15) is 18.3 Å². The minimum Gasteiger partial charge on any atom is -0.418 e. The predicted molar refractivity (Wildman–Crippen MR) is 72.6 cm³/mol. The summed E-state index contributed by atoms with van der Waals surface area (Å²) < 4.78 is 42.8. The van der Waals surface area contributed by atoms with Crippen LogP contribution >= 0.6 is 0 Å². The smallest absolute Gasteiger partial charge is 0.416 e. The van der Waals surface area contributed by atoms with E-state index in [4.69, 9.17) is 10.2 Å². The van der Waals surface area contributed by atoms with E-state index in [0.717, 1.165) is 18.6 Å². The van der Waals surface area contributed by atoms with Crippen molar-refractivity contribution in [3.8, 4) is 11.5 Å². The van der Waals surface area contributed by atoms with Crippen molar-refractivity contribution in [3.05, 3.63) is 35.7 Å². The van der Waals surface area contributed by atoms with Gasteiger partial charge in [0.1, 0.15) is 6.10 Å². The average molecular weight is 315 g/mol. The van der Waals surface area contributed by atoms with Crippen molar-refractivity contribution in [2.45, 2.75) is 38.1 Å². The van der Waals surface area contributed by atoms with Gasteiger partial charge in [0.15, 0.2) is 0 Å². The lowest BCUT2D eigenvalue weighted by molar-refractivity contribution is -0.137. The Morgan fingerprint density at radius 3 is 2.41 bits per heavy atom. The zero-order chi connectivity index (χ0) is 16.3. The molecule has 2 rings (SSSR count). The summed E-state index contributed by atoms with van der Waals surface area (Å²) in [7, 11) is 0. The van der Waals surface area contributed by atoms with E-state index in [-0.39, 0.29) is 11.8 Å². The molecule has 1 aromatic heterocycles. The van der Waals surface area contributed by atoms with Gasteiger partial charge in [-0.25, -0.2) is 0 Å². The quantitative estimate of drug-likeness (QED) is 0.886. The lowest BCUT2D eigenvalue weighted by Crippen LogP contribution is -2.28. The molecule has 0 aliphatic carbocycles. The monoisotopic (exact) mass is 315 g/mol. The third-order valence-corrected chi connectivity index (χ3v) is 3.18. The van der Waals surface area contributed by atoms with Crippen LogP contribution in [0.5, 0.6) is 0 Å². The Bertz CT molecular complexity index is 611. The summed E-state index contributed by atoms with van der Waals surface area (Å²) in [5.41, 5.74) is 5.35. The molecule has 120 valence electrons. The molecule has 0 aliphatic heterocycles. The molecule has 1 unspecified atom stereocenters. The van der Waals surface area contributed by atoms with Crippen molar-refractivity contribution in [3.63, 3.8) is 0 Å². The number of hydrogen-bond donors (Lipinski definition) is 2. The summed E-state index contributed by atoms with van der Waals surface area (Å²) in [6.45, 7) is 1.92. The highest BCUT2D eigenvalue weighted by Crippen LogP contribution is 2.31. The van der Waals surface area contributed by atoms with Gasteiger partial charge in [-0.05, 0) is 30.7 Å². The number of alkyl halides is 3. The lowest BCUT2D eigenvalue weighted by Gasteiger charge is -2.13. The molecular formula is C14H16F3N3O2. The topological polar surface area (TPSA) is 85.2 Å². The first-order chi connectivity index (χ1) is 10.3. The van der Waals surface area contributed by atoms with Gasteiger partial charge in [-0.1, -0.05) is 13.3 Å². The Labute approximate surface area is 125 Å². The molecule has 3 N–H and O–H groups in total. The van der Waals surface area contributed by atoms with Gasteiger partial charge in [0.2, 0.25) is 11.8 Å². The lowest BCUT2D eigenvalue weighted by atomic mass is 10.1. The third-order valence-electron chi connectivity index (χ3n) is 3.18. The Hall–Kier alpha value is -1.93. The maximum absolute atomic E-state index is 12.5. The maximum Gasteiger partial charge on any atom is 0.416 e. The van der Waals surface area contributed by atoms with Crippen LogP contribution in [0.3, 0.4) is 0 Å². The first-order valence-electron chi connectivity index (χ1n) is 6.77. The fourth-order valence-electron chi connectivity index (χ4n) is 1.95. The van der Waals surface area contributed by atoms with Crippen LogP contribution in [0, 0.1) is 0 Å². The minimum atomic E-state index is -4.40. The second-order valence-corrected chi connectivity index (χ2v) is 4.92. The number of nitrogens with two attached hydrogens (primary N) is 1. The maximum atomic E-state index is 12.5. The van der Waals surface area contributed by atoms with Crippen LogP contribution in [-0.2, 0) is 6.18 Å². The molecule has 1 aromatic carbocycles. The van der Waals surface area contributed by atoms with E-state index in [2.05, 4.69) is 10.2 Å². The minimum absolute atomic E-state index is 0.0338. The molecule has 2 atom stereocenters. The molecule has 0 saturated heterocycles. The number of nitrogens with zero attached hydrogens (tertiary/aromatic N) is 2. The second kappa shape index (κ2) is 6.45. The zero-order valence-electron chi connectivity index (χ0n) is 11.8. The number of benzene rings is 1. The molecule has 0 spiro atoms. The van der Waals surface area contributed by atoms with Crippen LogP contribution in [0.25, 0.3) is 11.5 Å². The third kappa shape index (κ3) is 3.63. The normalized spacial score (nSPS) is 14.8. The summed E-state index contributed by atoms with van der Waals surface area (Å²) in [5, 5.41) is 17.4. The Morgan fingerprint density at radius 1 is 1.23 bits per heavy atom. The number of aliphatic hydroxyl groups is 1. The van der Waals surface area contributed by atoms with Gasteiger partial charge in [0, 0.05) is 11.6 Å². The van der Waals surface area contributed by atoms with Crippen molar-refractivity contribution < 1.29 is 22.7 Å². The van der Waals surface area contributed by atoms with Gasteiger partial charge >= 0.3 is 6.18 Å². The van der Waals surface area contributed by atoms with Crippen molar-refractivity contribution in [2.24, 2.45) is 5.73 Å². The number of hydrogen-bond acceptors (Lipinski definition) is 5. The Balaban J connectivity index is 2.17. The first-order valence-corrected chi connectivity index (χ1v) is 6.77. The standard InChI is InChI=1S/C14H16F3N3O2/c1-2-3-10(18)11(21)13-20-19-12(22-13)8-4-6-9(7-5-8)14(15,16)17/h4-7,10-11,21H,2-3,18H2,1H3/t10?,11-/m0/s1. The summed E-state index contributed by atoms with van der Waals surface area (Å²) in [5.74, 6) is -0.0117. The molecule has 5 nitrogen and oxygen atoms in total. The molecule has 0 aliphatic rings. The van der Waals surface area contributed by atoms with Gasteiger partial charge < -0.3 is 15.3 Å². The summed E-state index contributed by atoms with van der Waals surface area (Å²) in [6, 6.07) is 3.79. The van der Waals surface area contributed by atoms with E-state index < -0.39 is 23.9 Å². The molecule has 8 heteroatoms. The van der Waals surface area contributed by atoms with Crippen molar-refractivity contribution in [1.29, 1.82) is 0 Å². The van der Waals surface area contributed by atoms with Crippen molar-refractivity contribution >= 4 is 0 Å². The zero-order valence-corrected chi connectivity index (χ0v) is 11.8. The molecule has 0 amide bonds. The largest absolute Gasteiger partial charge is 0.418 e. The first kappa shape index (κ1) is 16.4. The van der Waals surface area contributed by atoms with E-state index in [1.165, 1.54) is 12.1 Å². The van der Waals surface area contributed by atoms with Gasteiger partial charge in [-0.2, -0.15) is 13.2 Å². The van der Waals surface area contributed by atoms with Crippen LogP contribution in [0.4, 0.5) is 13.2 Å². The van der Waals surface area contributed by atoms with E-state index in [0.29, 0.717) is 12.0 Å². The highest BCUT2D eigenvalue weighted by molar-refractivity contribution is 5.53. The van der Waals surface area contributed by atoms with Gasteiger partial charge in [-0.15, -0.1) is 10.2 Å². The fourth-order valence-corrected chi connectivity index (χ4v) is 1.95. The van der Waals surface area contributed by atoms with Crippen LogP contribution in [0.1, 0.15) is 37.3 Å². The molecule has 2 aromatic rings. The molecule has 0 bridgehead atoms. The number of halogens is 3. The molecule has 0 saturated carbocycles. The van der Waals surface area contributed by atoms with Crippen LogP contribution in [-0.4, -0.2) is 21.3 Å². The predicted octanol–water partition coefficient (Wildman–Crippen LogP) is 2.92. The second-order valence-electron chi connectivity index (χ2n) is 4.92. The summed E-state index contributed by atoms with van der Waals surface area (Å²) >= 11 is 0. The summed E-state index contributed by atoms with van der Waals surface area (Å²) in [6.07, 6.45) is -4.13. The number of aromatic nitrogens is 2. The average Bonchev–Trinajstić information content (AvgIpc) is 2.95. The number of rotatable bonds is 5.